The lowest BCUT2D eigenvalue weighted by molar-refractivity contribution is 0.231. The minimum absolute atomic E-state index is 0.171. The summed E-state index contributed by atoms with van der Waals surface area (Å²) in [5, 5.41) is 2.06. The average Bonchev–Trinajstić information content (AvgIpc) is 2.92. The van der Waals surface area contributed by atoms with E-state index in [4.69, 9.17) is 5.73 Å². The van der Waals surface area contributed by atoms with Crippen LogP contribution < -0.4 is 5.73 Å². The number of rotatable bonds is 5. The van der Waals surface area contributed by atoms with Gasteiger partial charge in [0.15, 0.2) is 0 Å². The maximum atomic E-state index is 5.86. The highest BCUT2D eigenvalue weighted by atomic mass is 32.1. The fourth-order valence-corrected chi connectivity index (χ4v) is 2.45. The van der Waals surface area contributed by atoms with Crippen LogP contribution in [0.5, 0.6) is 0 Å². The van der Waals surface area contributed by atoms with Gasteiger partial charge in [-0.05, 0) is 7.05 Å². The minimum atomic E-state index is 0.171. The molecule has 92 valence electrons. The number of hydrogen-bond donors (Lipinski definition) is 1. The van der Waals surface area contributed by atoms with Gasteiger partial charge in [-0.1, -0.05) is 0 Å². The lowest BCUT2D eigenvalue weighted by Gasteiger charge is -2.26. The molecule has 0 amide bonds. The van der Waals surface area contributed by atoms with Crippen molar-refractivity contribution in [3.05, 3.63) is 34.8 Å². The lowest BCUT2D eigenvalue weighted by atomic mass is 10.2. The van der Waals surface area contributed by atoms with Crippen LogP contribution in [0.1, 0.15) is 17.4 Å². The highest BCUT2D eigenvalue weighted by Gasteiger charge is 2.18. The number of hydrogen-bond acceptors (Lipinski definition) is 5. The maximum Gasteiger partial charge on any atom is 0.0946 e. The van der Waals surface area contributed by atoms with Gasteiger partial charge >= 0.3 is 0 Å². The van der Waals surface area contributed by atoms with Crippen LogP contribution in [0, 0.1) is 0 Å². The van der Waals surface area contributed by atoms with Gasteiger partial charge in [0, 0.05) is 31.7 Å². The molecule has 0 saturated carbocycles. The predicted octanol–water partition coefficient (Wildman–Crippen LogP) is 1.01. The van der Waals surface area contributed by atoms with Crippen LogP contribution in [0.4, 0.5) is 0 Å². The largest absolute Gasteiger partial charge is 0.336 e. The normalized spacial score (nSPS) is 13.2. The molecule has 2 aromatic heterocycles. The average molecular weight is 251 g/mol. The molecule has 2 aromatic rings. The molecule has 0 aliphatic rings. The van der Waals surface area contributed by atoms with Gasteiger partial charge in [0.25, 0.3) is 0 Å². The second kappa shape index (κ2) is 5.39. The number of aromatic nitrogens is 3. The van der Waals surface area contributed by atoms with Crippen molar-refractivity contribution in [2.45, 2.75) is 12.6 Å². The molecule has 2 rings (SSSR count). The Morgan fingerprint density at radius 3 is 2.94 bits per heavy atom. The summed E-state index contributed by atoms with van der Waals surface area (Å²) < 4.78 is 2.01. The standard InChI is InChI=1S/C11H17N5S/c1-15(5-9-6-17-8-14-9)10(3-12)11-4-13-7-16(11)2/h4,6-8,10H,3,5,12H2,1-2H3. The maximum absolute atomic E-state index is 5.86. The minimum Gasteiger partial charge on any atom is -0.336 e. The molecule has 0 saturated heterocycles. The zero-order valence-corrected chi connectivity index (χ0v) is 10.9. The molecule has 2 N–H and O–H groups in total. The Balaban J connectivity index is 2.11. The Morgan fingerprint density at radius 1 is 1.59 bits per heavy atom. The molecule has 0 aromatic carbocycles. The van der Waals surface area contributed by atoms with Gasteiger partial charge in [-0.2, -0.15) is 0 Å². The van der Waals surface area contributed by atoms with Crippen LogP contribution in [-0.4, -0.2) is 33.0 Å². The van der Waals surface area contributed by atoms with Gasteiger partial charge in [0.05, 0.1) is 29.3 Å². The van der Waals surface area contributed by atoms with Crippen molar-refractivity contribution in [2.24, 2.45) is 12.8 Å². The molecule has 0 spiro atoms. The zero-order chi connectivity index (χ0) is 12.3. The molecule has 5 nitrogen and oxygen atoms in total. The summed E-state index contributed by atoms with van der Waals surface area (Å²) in [6.07, 6.45) is 3.67. The van der Waals surface area contributed by atoms with E-state index in [1.54, 1.807) is 17.7 Å². The smallest absolute Gasteiger partial charge is 0.0946 e. The Labute approximate surface area is 105 Å². The molecule has 0 fully saturated rings. The van der Waals surface area contributed by atoms with Crippen molar-refractivity contribution in [3.8, 4) is 0 Å². The van der Waals surface area contributed by atoms with E-state index in [0.717, 1.165) is 17.9 Å². The van der Waals surface area contributed by atoms with Crippen LogP contribution in [0.15, 0.2) is 23.4 Å². The molecular formula is C11H17N5S. The summed E-state index contributed by atoms with van der Waals surface area (Å²) in [4.78, 5) is 10.6. The third-order valence-electron chi connectivity index (χ3n) is 2.85. The summed E-state index contributed by atoms with van der Waals surface area (Å²) in [5.41, 5.74) is 9.93. The first-order chi connectivity index (χ1) is 8.22. The number of aryl methyl sites for hydroxylation is 1. The van der Waals surface area contributed by atoms with Gasteiger partial charge in [-0.15, -0.1) is 11.3 Å². The molecule has 1 atom stereocenters. The van der Waals surface area contributed by atoms with Crippen molar-refractivity contribution in [1.82, 2.24) is 19.4 Å². The van der Waals surface area contributed by atoms with E-state index in [-0.39, 0.29) is 6.04 Å². The quantitative estimate of drug-likeness (QED) is 0.861. The van der Waals surface area contributed by atoms with Crippen molar-refractivity contribution in [1.29, 1.82) is 0 Å². The molecule has 1 unspecified atom stereocenters. The Morgan fingerprint density at radius 2 is 2.41 bits per heavy atom. The first kappa shape index (κ1) is 12.2. The van der Waals surface area contributed by atoms with E-state index in [2.05, 4.69) is 27.3 Å². The Bertz CT molecular complexity index is 450. The summed E-state index contributed by atoms with van der Waals surface area (Å²) >= 11 is 1.61. The summed E-state index contributed by atoms with van der Waals surface area (Å²) in [5.74, 6) is 0. The third-order valence-corrected chi connectivity index (χ3v) is 3.48. The van der Waals surface area contributed by atoms with E-state index in [1.807, 2.05) is 23.3 Å². The van der Waals surface area contributed by atoms with E-state index < -0.39 is 0 Å². The van der Waals surface area contributed by atoms with Crippen molar-refractivity contribution in [3.63, 3.8) is 0 Å². The van der Waals surface area contributed by atoms with Crippen molar-refractivity contribution in [2.75, 3.05) is 13.6 Å². The van der Waals surface area contributed by atoms with E-state index >= 15 is 0 Å². The molecule has 2 heterocycles. The summed E-state index contributed by atoms with van der Waals surface area (Å²) in [6, 6.07) is 0.171. The monoisotopic (exact) mass is 251 g/mol. The second-order valence-corrected chi connectivity index (χ2v) is 4.79. The van der Waals surface area contributed by atoms with Crippen LogP contribution in [-0.2, 0) is 13.6 Å². The van der Waals surface area contributed by atoms with Crippen LogP contribution in [0.2, 0.25) is 0 Å². The van der Waals surface area contributed by atoms with Gasteiger partial charge in [0.1, 0.15) is 0 Å². The highest BCUT2D eigenvalue weighted by molar-refractivity contribution is 7.07. The van der Waals surface area contributed by atoms with E-state index in [9.17, 15) is 0 Å². The Kier molecular flexibility index (Phi) is 3.88. The zero-order valence-electron chi connectivity index (χ0n) is 10.1. The molecule has 0 aliphatic heterocycles. The molecule has 6 heteroatoms. The van der Waals surface area contributed by atoms with Crippen LogP contribution in [0.3, 0.4) is 0 Å². The number of likely N-dealkylation sites (N-methyl/N-ethyl adjacent to an activating group) is 1. The first-order valence-corrected chi connectivity index (χ1v) is 6.40. The van der Waals surface area contributed by atoms with Gasteiger partial charge in [-0.25, -0.2) is 9.97 Å². The summed E-state index contributed by atoms with van der Waals surface area (Å²) in [7, 11) is 4.05. The fourth-order valence-electron chi connectivity index (χ4n) is 1.90. The SMILES string of the molecule is CN(Cc1cscn1)C(CN)c1cncn1C. The number of imidazole rings is 1. The van der Waals surface area contributed by atoms with E-state index in [1.165, 1.54) is 0 Å². The number of nitrogens with two attached hydrogens (primary N) is 1. The second-order valence-electron chi connectivity index (χ2n) is 4.08. The number of nitrogens with zero attached hydrogens (tertiary/aromatic N) is 4. The predicted molar refractivity (Wildman–Crippen MR) is 68.6 cm³/mol. The molecule has 0 aliphatic carbocycles. The van der Waals surface area contributed by atoms with Gasteiger partial charge in [0.2, 0.25) is 0 Å². The highest BCUT2D eigenvalue weighted by Crippen LogP contribution is 2.19. The van der Waals surface area contributed by atoms with Crippen molar-refractivity contribution >= 4 is 11.3 Å². The molecular weight excluding hydrogens is 234 g/mol. The first-order valence-electron chi connectivity index (χ1n) is 5.46. The Hall–Kier alpha value is -1.24. The molecule has 0 radical (unpaired) electrons. The van der Waals surface area contributed by atoms with Gasteiger partial charge in [-0.3, -0.25) is 4.90 Å². The van der Waals surface area contributed by atoms with Gasteiger partial charge < -0.3 is 10.3 Å². The van der Waals surface area contributed by atoms with Crippen LogP contribution >= 0.6 is 11.3 Å². The van der Waals surface area contributed by atoms with Crippen LogP contribution in [0.25, 0.3) is 0 Å². The van der Waals surface area contributed by atoms with Crippen molar-refractivity contribution < 1.29 is 0 Å². The third kappa shape index (κ3) is 2.71. The summed E-state index contributed by atoms with van der Waals surface area (Å²) in [6.45, 7) is 1.37. The topological polar surface area (TPSA) is 60.0 Å². The fraction of sp³-hybridized carbons (Fsp3) is 0.455. The molecule has 17 heavy (non-hydrogen) atoms. The van der Waals surface area contributed by atoms with E-state index in [0.29, 0.717) is 6.54 Å². The molecule has 0 bridgehead atoms. The lowest BCUT2D eigenvalue weighted by Crippen LogP contribution is -2.31. The number of thiazole rings is 1.